The summed E-state index contributed by atoms with van der Waals surface area (Å²) in [6.45, 7) is 2.17. The molecule has 0 saturated carbocycles. The Hall–Kier alpha value is -3.76. The highest BCUT2D eigenvalue weighted by Gasteiger charge is 2.41. The van der Waals surface area contributed by atoms with Gasteiger partial charge in [0.1, 0.15) is 0 Å². The molecule has 3 atom stereocenters. The number of esters is 2. The lowest BCUT2D eigenvalue weighted by Crippen LogP contribution is -2.45. The van der Waals surface area contributed by atoms with E-state index in [2.05, 4.69) is 5.32 Å². The number of nitrogens with two attached hydrogens (primary N) is 1. The Morgan fingerprint density at radius 3 is 1.52 bits per heavy atom. The number of carbonyl (C=O) groups excluding carboxylic acids is 2. The van der Waals surface area contributed by atoms with E-state index in [0.717, 1.165) is 13.1 Å². The van der Waals surface area contributed by atoms with Crippen molar-refractivity contribution in [1.29, 1.82) is 0 Å². The monoisotopic (exact) mass is 458 g/mol. The molecule has 3 rings (SSSR count). The number of carboxylic acid groups (broad SMARTS) is 2. The molecule has 5 N–H and O–H groups in total. The van der Waals surface area contributed by atoms with Crippen molar-refractivity contribution >= 4 is 23.9 Å². The second kappa shape index (κ2) is 12.9. The smallest absolute Gasteiger partial charge is 0.349 e. The van der Waals surface area contributed by atoms with Crippen LogP contribution in [0.5, 0.6) is 0 Å². The Morgan fingerprint density at radius 2 is 1.24 bits per heavy atom. The molecule has 1 heterocycles. The van der Waals surface area contributed by atoms with Gasteiger partial charge >= 0.3 is 23.9 Å². The van der Waals surface area contributed by atoms with E-state index < -0.39 is 36.1 Å². The number of ether oxygens (including phenoxy) is 2. The number of carboxylic acids is 2. The highest BCUT2D eigenvalue weighted by Crippen LogP contribution is 2.13. The van der Waals surface area contributed by atoms with Gasteiger partial charge in [-0.3, -0.25) is 0 Å². The number of hydrogen-bond acceptors (Lipinski definition) is 8. The minimum absolute atomic E-state index is 0.0253. The second-order valence-electron chi connectivity index (χ2n) is 7.17. The summed E-state index contributed by atoms with van der Waals surface area (Å²) in [7, 11) is 0. The van der Waals surface area contributed by atoms with Crippen LogP contribution >= 0.6 is 0 Å². The van der Waals surface area contributed by atoms with E-state index >= 15 is 0 Å². The van der Waals surface area contributed by atoms with Crippen molar-refractivity contribution in [2.24, 2.45) is 5.73 Å². The normalized spacial score (nSPS) is 16.8. The van der Waals surface area contributed by atoms with Crippen LogP contribution in [0.2, 0.25) is 0 Å². The zero-order valence-electron chi connectivity index (χ0n) is 17.8. The number of aliphatic carboxylic acids is 2. The first-order chi connectivity index (χ1) is 15.8. The van der Waals surface area contributed by atoms with Crippen molar-refractivity contribution in [1.82, 2.24) is 5.32 Å². The first-order valence-electron chi connectivity index (χ1n) is 10.2. The molecular weight excluding hydrogens is 432 g/mol. The van der Waals surface area contributed by atoms with Crippen LogP contribution in [0.1, 0.15) is 33.6 Å². The Kier molecular flexibility index (Phi) is 10.00. The van der Waals surface area contributed by atoms with Crippen molar-refractivity contribution in [3.8, 4) is 0 Å². The zero-order valence-corrected chi connectivity index (χ0v) is 17.8. The van der Waals surface area contributed by atoms with Crippen LogP contribution in [-0.2, 0) is 19.1 Å². The van der Waals surface area contributed by atoms with E-state index in [0.29, 0.717) is 6.04 Å². The van der Waals surface area contributed by atoms with Gasteiger partial charge in [-0.15, -0.1) is 0 Å². The third kappa shape index (κ3) is 8.36. The summed E-state index contributed by atoms with van der Waals surface area (Å²) in [4.78, 5) is 46.8. The minimum Gasteiger partial charge on any atom is -0.478 e. The highest BCUT2D eigenvalue weighted by atomic mass is 16.6. The molecule has 3 unspecified atom stereocenters. The van der Waals surface area contributed by atoms with Crippen LogP contribution in [0.15, 0.2) is 60.7 Å². The van der Waals surface area contributed by atoms with Crippen LogP contribution in [0.4, 0.5) is 0 Å². The number of carbonyl (C=O) groups is 4. The van der Waals surface area contributed by atoms with E-state index in [1.807, 2.05) is 0 Å². The molecule has 1 aliphatic rings. The molecule has 0 aliphatic carbocycles. The van der Waals surface area contributed by atoms with Gasteiger partial charge in [-0.05, 0) is 43.7 Å². The molecule has 0 aromatic heterocycles. The summed E-state index contributed by atoms with van der Waals surface area (Å²) in [5.41, 5.74) is 5.62. The van der Waals surface area contributed by atoms with Gasteiger partial charge in [-0.25, -0.2) is 19.2 Å². The number of nitrogens with one attached hydrogen (secondary N) is 1. The van der Waals surface area contributed by atoms with E-state index in [1.165, 1.54) is 61.4 Å². The van der Waals surface area contributed by atoms with Gasteiger partial charge in [0.25, 0.3) is 0 Å². The Balaban J connectivity index is 0.000000468. The lowest BCUT2D eigenvalue weighted by molar-refractivity contribution is -0.166. The fourth-order valence-electron chi connectivity index (χ4n) is 2.88. The van der Waals surface area contributed by atoms with Gasteiger partial charge in [0.15, 0.2) is 0 Å². The topological polar surface area (TPSA) is 165 Å². The fourth-order valence-corrected chi connectivity index (χ4v) is 2.88. The summed E-state index contributed by atoms with van der Waals surface area (Å²) in [6, 6.07) is 15.3. The van der Waals surface area contributed by atoms with Crippen LogP contribution in [-0.4, -0.2) is 65.4 Å². The standard InChI is InChI=1S/C18H14O8.C5H12N2/c19-15(20)13(25-17(23)11-7-3-1-4-8-11)14(16(21)22)26-18(24)12-9-5-2-6-10-12;6-5-2-1-3-7-4-5/h1-10,13-14H,(H,19,20)(H,21,22);5,7H,1-4,6H2. The summed E-state index contributed by atoms with van der Waals surface area (Å²) in [6.07, 6.45) is -1.98. The third-order valence-corrected chi connectivity index (χ3v) is 4.58. The van der Waals surface area contributed by atoms with Gasteiger partial charge in [0.2, 0.25) is 12.2 Å². The Morgan fingerprint density at radius 1 is 0.818 bits per heavy atom. The number of piperidine rings is 1. The third-order valence-electron chi connectivity index (χ3n) is 4.58. The largest absolute Gasteiger partial charge is 0.478 e. The average Bonchev–Trinajstić information content (AvgIpc) is 2.82. The summed E-state index contributed by atoms with van der Waals surface area (Å²) in [5, 5.41) is 21.7. The van der Waals surface area contributed by atoms with Gasteiger partial charge < -0.3 is 30.7 Å². The highest BCUT2D eigenvalue weighted by molar-refractivity contribution is 5.95. The molecule has 10 heteroatoms. The predicted octanol–water partition coefficient (Wildman–Crippen LogP) is 1.30. The second-order valence-corrected chi connectivity index (χ2v) is 7.17. The van der Waals surface area contributed by atoms with Gasteiger partial charge in [-0.1, -0.05) is 36.4 Å². The first-order valence-corrected chi connectivity index (χ1v) is 10.2. The molecule has 1 fully saturated rings. The van der Waals surface area contributed by atoms with Crippen molar-refractivity contribution < 1.29 is 38.9 Å². The summed E-state index contributed by atoms with van der Waals surface area (Å²) < 4.78 is 9.52. The summed E-state index contributed by atoms with van der Waals surface area (Å²) in [5.74, 6) is -5.63. The number of rotatable bonds is 7. The van der Waals surface area contributed by atoms with E-state index in [-0.39, 0.29) is 11.1 Å². The molecule has 1 aliphatic heterocycles. The molecule has 0 bridgehead atoms. The van der Waals surface area contributed by atoms with Crippen LogP contribution in [0.25, 0.3) is 0 Å². The van der Waals surface area contributed by atoms with E-state index in [9.17, 15) is 29.4 Å². The maximum Gasteiger partial charge on any atom is 0.349 e. The fraction of sp³-hybridized carbons (Fsp3) is 0.304. The van der Waals surface area contributed by atoms with E-state index in [1.54, 1.807) is 12.1 Å². The van der Waals surface area contributed by atoms with Crippen LogP contribution in [0.3, 0.4) is 0 Å². The van der Waals surface area contributed by atoms with Crippen molar-refractivity contribution in [2.45, 2.75) is 31.1 Å². The van der Waals surface area contributed by atoms with Gasteiger partial charge in [-0.2, -0.15) is 0 Å². The van der Waals surface area contributed by atoms with Crippen molar-refractivity contribution in [2.75, 3.05) is 13.1 Å². The molecule has 33 heavy (non-hydrogen) atoms. The molecule has 0 radical (unpaired) electrons. The molecule has 0 spiro atoms. The molecular formula is C23H26N2O8. The average molecular weight is 458 g/mol. The van der Waals surface area contributed by atoms with Crippen molar-refractivity contribution in [3.63, 3.8) is 0 Å². The maximum absolute atomic E-state index is 12.0. The Bertz CT molecular complexity index is 860. The molecule has 0 amide bonds. The number of benzene rings is 2. The Labute approximate surface area is 190 Å². The van der Waals surface area contributed by atoms with Crippen molar-refractivity contribution in [3.05, 3.63) is 71.8 Å². The molecule has 2 aromatic rings. The molecule has 1 saturated heterocycles. The SMILES string of the molecule is NC1CCCNC1.O=C(OC(C(=O)O)C(OC(=O)c1ccccc1)C(=O)O)c1ccccc1. The molecule has 2 aromatic carbocycles. The molecule has 10 nitrogen and oxygen atoms in total. The maximum atomic E-state index is 12.0. The van der Waals surface area contributed by atoms with E-state index in [4.69, 9.17) is 15.2 Å². The predicted molar refractivity (Wildman–Crippen MR) is 117 cm³/mol. The van der Waals surface area contributed by atoms with Gasteiger partial charge in [0, 0.05) is 12.6 Å². The van der Waals surface area contributed by atoms with Crippen LogP contribution in [0, 0.1) is 0 Å². The lowest BCUT2D eigenvalue weighted by atomic mass is 10.1. The van der Waals surface area contributed by atoms with Crippen LogP contribution < -0.4 is 11.1 Å². The number of hydrogen-bond donors (Lipinski definition) is 4. The first kappa shape index (κ1) is 25.5. The minimum atomic E-state index is -2.21. The zero-order chi connectivity index (χ0) is 24.2. The van der Waals surface area contributed by atoms with Gasteiger partial charge in [0.05, 0.1) is 11.1 Å². The molecule has 176 valence electrons. The quantitative estimate of drug-likeness (QED) is 0.444. The summed E-state index contributed by atoms with van der Waals surface area (Å²) >= 11 is 0. The lowest BCUT2D eigenvalue weighted by Gasteiger charge is -2.21.